The van der Waals surface area contributed by atoms with Crippen LogP contribution in [0.5, 0.6) is 0 Å². The van der Waals surface area contributed by atoms with E-state index in [1.807, 2.05) is 0 Å². The molecule has 0 spiro atoms. The molecule has 2 aliphatic rings. The zero-order valence-electron chi connectivity index (χ0n) is 11.6. The van der Waals surface area contributed by atoms with Crippen molar-refractivity contribution in [3.63, 3.8) is 0 Å². The minimum Gasteiger partial charge on any atom is -0.481 e. The molecule has 1 aromatic carbocycles. The molecule has 2 aromatic rings. The topological polar surface area (TPSA) is 55.1 Å². The Kier molecular flexibility index (Phi) is 2.29. The van der Waals surface area contributed by atoms with Gasteiger partial charge in [0, 0.05) is 18.4 Å². The summed E-state index contributed by atoms with van der Waals surface area (Å²) in [7, 11) is 2.08. The van der Waals surface area contributed by atoms with Gasteiger partial charge in [-0.2, -0.15) is 0 Å². The van der Waals surface area contributed by atoms with E-state index in [1.165, 1.54) is 18.7 Å². The fraction of sp³-hybridized carbons (Fsp3) is 0.500. The van der Waals surface area contributed by atoms with Gasteiger partial charge in [-0.15, -0.1) is 0 Å². The van der Waals surface area contributed by atoms with Gasteiger partial charge in [-0.1, -0.05) is 6.07 Å². The van der Waals surface area contributed by atoms with Crippen LogP contribution in [0.3, 0.4) is 0 Å². The summed E-state index contributed by atoms with van der Waals surface area (Å²) in [5.74, 6) is 1.10. The van der Waals surface area contributed by atoms with Crippen molar-refractivity contribution in [2.24, 2.45) is 7.05 Å². The fourth-order valence-corrected chi connectivity index (χ4v) is 3.26. The number of carboxylic acid groups (broad SMARTS) is 1. The van der Waals surface area contributed by atoms with Crippen LogP contribution in [-0.4, -0.2) is 20.6 Å². The SMILES string of the molecule is Cn1c(C2CC2)nc2cc(C3(CC(=O)O)CC3)ccc21. The molecule has 0 aliphatic heterocycles. The second kappa shape index (κ2) is 3.84. The summed E-state index contributed by atoms with van der Waals surface area (Å²) >= 11 is 0. The van der Waals surface area contributed by atoms with Crippen LogP contribution in [0.4, 0.5) is 0 Å². The maximum Gasteiger partial charge on any atom is 0.304 e. The van der Waals surface area contributed by atoms with E-state index in [2.05, 4.69) is 29.8 Å². The molecule has 104 valence electrons. The number of aromatic nitrogens is 2. The Hall–Kier alpha value is -1.84. The van der Waals surface area contributed by atoms with Gasteiger partial charge in [-0.25, -0.2) is 4.98 Å². The normalized spacial score (nSPS) is 20.2. The Balaban J connectivity index is 1.77. The minimum absolute atomic E-state index is 0.128. The summed E-state index contributed by atoms with van der Waals surface area (Å²) in [6, 6.07) is 6.30. The largest absolute Gasteiger partial charge is 0.481 e. The lowest BCUT2D eigenvalue weighted by atomic mass is 9.92. The number of benzene rings is 1. The number of carbonyl (C=O) groups is 1. The van der Waals surface area contributed by atoms with E-state index in [-0.39, 0.29) is 11.8 Å². The van der Waals surface area contributed by atoms with Crippen molar-refractivity contribution in [3.8, 4) is 0 Å². The van der Waals surface area contributed by atoms with Crippen LogP contribution in [0, 0.1) is 0 Å². The summed E-state index contributed by atoms with van der Waals surface area (Å²) in [6.45, 7) is 0. The van der Waals surface area contributed by atoms with E-state index < -0.39 is 5.97 Å². The van der Waals surface area contributed by atoms with Gasteiger partial charge in [0.15, 0.2) is 0 Å². The highest BCUT2D eigenvalue weighted by Crippen LogP contribution is 2.51. The van der Waals surface area contributed by atoms with Crippen molar-refractivity contribution in [2.45, 2.75) is 43.4 Å². The van der Waals surface area contributed by atoms with Gasteiger partial charge in [-0.05, 0) is 43.4 Å². The molecule has 2 saturated carbocycles. The van der Waals surface area contributed by atoms with E-state index in [0.29, 0.717) is 5.92 Å². The highest BCUT2D eigenvalue weighted by atomic mass is 16.4. The predicted octanol–water partition coefficient (Wildman–Crippen LogP) is 2.96. The Morgan fingerprint density at radius 1 is 1.45 bits per heavy atom. The van der Waals surface area contributed by atoms with E-state index in [0.717, 1.165) is 29.4 Å². The molecule has 1 heterocycles. The van der Waals surface area contributed by atoms with Crippen LogP contribution >= 0.6 is 0 Å². The van der Waals surface area contributed by atoms with Gasteiger partial charge >= 0.3 is 5.97 Å². The monoisotopic (exact) mass is 270 g/mol. The van der Waals surface area contributed by atoms with Crippen LogP contribution in [-0.2, 0) is 17.3 Å². The first-order chi connectivity index (χ1) is 9.59. The quantitative estimate of drug-likeness (QED) is 0.929. The van der Waals surface area contributed by atoms with Gasteiger partial charge in [0.05, 0.1) is 17.5 Å². The molecule has 4 heteroatoms. The summed E-state index contributed by atoms with van der Waals surface area (Å²) < 4.78 is 2.19. The molecule has 1 N–H and O–H groups in total. The maximum absolute atomic E-state index is 11.0. The summed E-state index contributed by atoms with van der Waals surface area (Å²) in [5, 5.41) is 9.07. The van der Waals surface area contributed by atoms with Gasteiger partial charge in [-0.3, -0.25) is 4.79 Å². The van der Waals surface area contributed by atoms with Crippen LogP contribution in [0.1, 0.15) is 49.4 Å². The molecule has 2 aliphatic carbocycles. The second-order valence-electron chi connectivity index (χ2n) is 6.36. The second-order valence-corrected chi connectivity index (χ2v) is 6.36. The standard InChI is InChI=1S/C16H18N2O2/c1-18-13-5-4-11(16(6-7-16)9-14(19)20)8-12(13)17-15(18)10-2-3-10/h4-5,8,10H,2-3,6-7,9H2,1H3,(H,19,20). The Bertz CT molecular complexity index is 709. The highest BCUT2D eigenvalue weighted by Gasteiger charge is 2.46. The number of nitrogens with zero attached hydrogens (tertiary/aromatic N) is 2. The number of carboxylic acids is 1. The molecule has 0 saturated heterocycles. The zero-order chi connectivity index (χ0) is 13.9. The third-order valence-electron chi connectivity index (χ3n) is 4.81. The van der Waals surface area contributed by atoms with Crippen LogP contribution in [0.2, 0.25) is 0 Å². The smallest absolute Gasteiger partial charge is 0.304 e. The first-order valence-electron chi connectivity index (χ1n) is 7.28. The van der Waals surface area contributed by atoms with Crippen molar-refractivity contribution in [1.29, 1.82) is 0 Å². The molecule has 1 aromatic heterocycles. The van der Waals surface area contributed by atoms with Crippen molar-refractivity contribution in [2.75, 3.05) is 0 Å². The molecular weight excluding hydrogens is 252 g/mol. The molecule has 2 fully saturated rings. The number of aliphatic carboxylic acids is 1. The number of fused-ring (bicyclic) bond motifs is 1. The molecule has 20 heavy (non-hydrogen) atoms. The van der Waals surface area contributed by atoms with Crippen molar-refractivity contribution in [3.05, 3.63) is 29.6 Å². The maximum atomic E-state index is 11.0. The van der Waals surface area contributed by atoms with Crippen molar-refractivity contribution < 1.29 is 9.90 Å². The fourth-order valence-electron chi connectivity index (χ4n) is 3.26. The zero-order valence-corrected chi connectivity index (χ0v) is 11.6. The molecule has 0 amide bonds. The molecule has 0 radical (unpaired) electrons. The Labute approximate surface area is 117 Å². The van der Waals surface area contributed by atoms with Crippen LogP contribution in [0.25, 0.3) is 11.0 Å². The third-order valence-corrected chi connectivity index (χ3v) is 4.81. The average molecular weight is 270 g/mol. The third kappa shape index (κ3) is 1.74. The Morgan fingerprint density at radius 2 is 2.20 bits per heavy atom. The van der Waals surface area contributed by atoms with E-state index in [1.54, 1.807) is 0 Å². The van der Waals surface area contributed by atoms with Crippen LogP contribution in [0.15, 0.2) is 18.2 Å². The van der Waals surface area contributed by atoms with Crippen LogP contribution < -0.4 is 0 Å². The van der Waals surface area contributed by atoms with Gasteiger partial charge in [0.2, 0.25) is 0 Å². The summed E-state index contributed by atoms with van der Waals surface area (Å²) in [4.78, 5) is 15.8. The van der Waals surface area contributed by atoms with Gasteiger partial charge in [0.1, 0.15) is 5.82 Å². The molecule has 0 bridgehead atoms. The molecule has 0 atom stereocenters. The highest BCUT2D eigenvalue weighted by molar-refractivity contribution is 5.78. The lowest BCUT2D eigenvalue weighted by Crippen LogP contribution is -2.12. The van der Waals surface area contributed by atoms with E-state index in [9.17, 15) is 4.79 Å². The number of hydrogen-bond donors (Lipinski definition) is 1. The van der Waals surface area contributed by atoms with Crippen molar-refractivity contribution >= 4 is 17.0 Å². The summed E-state index contributed by atoms with van der Waals surface area (Å²) in [5.41, 5.74) is 3.19. The number of rotatable bonds is 4. The molecular formula is C16H18N2O2. The number of hydrogen-bond acceptors (Lipinski definition) is 2. The molecule has 4 rings (SSSR count). The number of imidazole rings is 1. The lowest BCUT2D eigenvalue weighted by molar-refractivity contribution is -0.137. The van der Waals surface area contributed by atoms with E-state index in [4.69, 9.17) is 10.1 Å². The average Bonchev–Trinajstić information content (AvgIpc) is 3.30. The van der Waals surface area contributed by atoms with Gasteiger partial charge < -0.3 is 9.67 Å². The minimum atomic E-state index is -0.706. The first kappa shape index (κ1) is 11.9. The molecule has 4 nitrogen and oxygen atoms in total. The predicted molar refractivity (Wildman–Crippen MR) is 75.9 cm³/mol. The summed E-state index contributed by atoms with van der Waals surface area (Å²) in [6.07, 6.45) is 4.68. The number of aryl methyl sites for hydroxylation is 1. The van der Waals surface area contributed by atoms with E-state index >= 15 is 0 Å². The Morgan fingerprint density at radius 3 is 2.80 bits per heavy atom. The van der Waals surface area contributed by atoms with Gasteiger partial charge in [0.25, 0.3) is 0 Å². The molecule has 0 unspecified atom stereocenters. The first-order valence-corrected chi connectivity index (χ1v) is 7.28. The van der Waals surface area contributed by atoms with Crippen molar-refractivity contribution in [1.82, 2.24) is 9.55 Å². The lowest BCUT2D eigenvalue weighted by Gasteiger charge is -2.12.